The van der Waals surface area contributed by atoms with Gasteiger partial charge in [-0.3, -0.25) is 9.69 Å². The maximum absolute atomic E-state index is 12.7. The highest BCUT2D eigenvalue weighted by atomic mass is 16.5. The number of hydrogen-bond donors (Lipinski definition) is 1. The van der Waals surface area contributed by atoms with Gasteiger partial charge in [-0.25, -0.2) is 0 Å². The van der Waals surface area contributed by atoms with Gasteiger partial charge in [0.25, 0.3) is 5.91 Å². The van der Waals surface area contributed by atoms with Crippen LogP contribution in [0, 0.1) is 0 Å². The van der Waals surface area contributed by atoms with Crippen LogP contribution in [0.4, 0.5) is 11.5 Å². The third-order valence-corrected chi connectivity index (χ3v) is 4.85. The molecule has 4 rings (SSSR count). The molecule has 0 unspecified atom stereocenters. The van der Waals surface area contributed by atoms with Crippen molar-refractivity contribution in [3.63, 3.8) is 0 Å². The molecule has 2 aromatic rings. The number of hydrogen-bond acceptors (Lipinski definition) is 6. The zero-order chi connectivity index (χ0) is 17.8. The minimum absolute atomic E-state index is 0.0951. The van der Waals surface area contributed by atoms with Crippen molar-refractivity contribution in [2.45, 2.75) is 6.42 Å². The summed E-state index contributed by atoms with van der Waals surface area (Å²) in [5, 5.41) is 11.5. The fraction of sp³-hybridized carbons (Fsp3) is 0.421. The van der Waals surface area contributed by atoms with Crippen LogP contribution in [0.25, 0.3) is 0 Å². The SMILES string of the molecule is O=C(c1ccc(NCCN2CCOCC2)nn1)N1CCc2ccccc21. The van der Waals surface area contributed by atoms with E-state index < -0.39 is 0 Å². The second kappa shape index (κ2) is 7.80. The van der Waals surface area contributed by atoms with Crippen LogP contribution in [0.15, 0.2) is 36.4 Å². The molecule has 1 fully saturated rings. The Balaban J connectivity index is 1.33. The van der Waals surface area contributed by atoms with Gasteiger partial charge in [-0.1, -0.05) is 18.2 Å². The van der Waals surface area contributed by atoms with Gasteiger partial charge in [0, 0.05) is 38.4 Å². The van der Waals surface area contributed by atoms with Crippen LogP contribution in [0.1, 0.15) is 16.1 Å². The average molecular weight is 353 g/mol. The van der Waals surface area contributed by atoms with Gasteiger partial charge in [0.05, 0.1) is 13.2 Å². The average Bonchev–Trinajstić information content (AvgIpc) is 3.13. The van der Waals surface area contributed by atoms with Crippen LogP contribution in [0.2, 0.25) is 0 Å². The van der Waals surface area contributed by atoms with Crippen LogP contribution in [-0.4, -0.2) is 66.9 Å². The molecule has 3 heterocycles. The predicted octanol–water partition coefficient (Wildman–Crippen LogP) is 1.42. The summed E-state index contributed by atoms with van der Waals surface area (Å²) >= 11 is 0. The molecule has 2 aliphatic heterocycles. The molecule has 0 bridgehead atoms. The standard InChI is InChI=1S/C19H23N5O2/c25-19(24-9-7-15-3-1-2-4-17(15)24)16-5-6-18(22-21-16)20-8-10-23-11-13-26-14-12-23/h1-6H,7-14H2,(H,20,22). The summed E-state index contributed by atoms with van der Waals surface area (Å²) in [7, 11) is 0. The molecule has 1 amide bonds. The summed E-state index contributed by atoms with van der Waals surface area (Å²) in [6.45, 7) is 5.97. The number of rotatable bonds is 5. The Bertz CT molecular complexity index is 759. The van der Waals surface area contributed by atoms with Crippen molar-refractivity contribution in [1.82, 2.24) is 15.1 Å². The lowest BCUT2D eigenvalue weighted by Gasteiger charge is -2.26. The van der Waals surface area contributed by atoms with E-state index in [4.69, 9.17) is 4.74 Å². The molecule has 0 spiro atoms. The van der Waals surface area contributed by atoms with Crippen molar-refractivity contribution in [3.05, 3.63) is 47.7 Å². The van der Waals surface area contributed by atoms with Crippen LogP contribution in [-0.2, 0) is 11.2 Å². The first kappa shape index (κ1) is 16.9. The third kappa shape index (κ3) is 3.68. The lowest BCUT2D eigenvalue weighted by molar-refractivity contribution is 0.0398. The Kier molecular flexibility index (Phi) is 5.08. The molecule has 1 saturated heterocycles. The summed E-state index contributed by atoms with van der Waals surface area (Å²) in [6, 6.07) is 11.6. The summed E-state index contributed by atoms with van der Waals surface area (Å²) < 4.78 is 5.34. The van der Waals surface area contributed by atoms with Crippen LogP contribution >= 0.6 is 0 Å². The third-order valence-electron chi connectivity index (χ3n) is 4.85. The largest absolute Gasteiger partial charge is 0.379 e. The Hall–Kier alpha value is -2.51. The number of nitrogens with zero attached hydrogens (tertiary/aromatic N) is 4. The summed E-state index contributed by atoms with van der Waals surface area (Å²) in [5.74, 6) is 0.596. The number of carbonyl (C=O) groups excluding carboxylic acids is 1. The van der Waals surface area contributed by atoms with Gasteiger partial charge in [-0.2, -0.15) is 0 Å². The fourth-order valence-corrected chi connectivity index (χ4v) is 3.39. The molecule has 7 nitrogen and oxygen atoms in total. The zero-order valence-electron chi connectivity index (χ0n) is 14.7. The lowest BCUT2D eigenvalue weighted by atomic mass is 10.2. The molecule has 2 aliphatic rings. The number of amides is 1. The molecule has 0 atom stereocenters. The number of carbonyl (C=O) groups is 1. The molecule has 0 saturated carbocycles. The minimum atomic E-state index is -0.0951. The molecule has 1 N–H and O–H groups in total. The van der Waals surface area contributed by atoms with E-state index in [0.717, 1.165) is 51.5 Å². The number of fused-ring (bicyclic) bond motifs is 1. The predicted molar refractivity (Wildman–Crippen MR) is 99.6 cm³/mol. The molecule has 0 radical (unpaired) electrons. The van der Waals surface area contributed by atoms with Crippen LogP contribution in [0.3, 0.4) is 0 Å². The van der Waals surface area contributed by atoms with Gasteiger partial charge in [0.1, 0.15) is 5.82 Å². The molecular formula is C19H23N5O2. The Morgan fingerprint density at radius 2 is 1.92 bits per heavy atom. The van der Waals surface area contributed by atoms with E-state index in [1.165, 1.54) is 5.56 Å². The van der Waals surface area contributed by atoms with Gasteiger partial charge >= 0.3 is 0 Å². The summed E-state index contributed by atoms with van der Waals surface area (Å²) in [5.41, 5.74) is 2.56. The topological polar surface area (TPSA) is 70.6 Å². The van der Waals surface area contributed by atoms with E-state index in [9.17, 15) is 4.79 Å². The molecule has 26 heavy (non-hydrogen) atoms. The second-order valence-electron chi connectivity index (χ2n) is 6.52. The highest BCUT2D eigenvalue weighted by Gasteiger charge is 2.26. The van der Waals surface area contributed by atoms with Crippen molar-refractivity contribution in [3.8, 4) is 0 Å². The smallest absolute Gasteiger partial charge is 0.278 e. The quantitative estimate of drug-likeness (QED) is 0.877. The Morgan fingerprint density at radius 3 is 2.73 bits per heavy atom. The van der Waals surface area contributed by atoms with E-state index in [1.54, 1.807) is 11.0 Å². The molecule has 1 aromatic carbocycles. The Morgan fingerprint density at radius 1 is 1.08 bits per heavy atom. The highest BCUT2D eigenvalue weighted by Crippen LogP contribution is 2.28. The van der Waals surface area contributed by atoms with Gasteiger partial charge < -0.3 is 15.0 Å². The normalized spacial score (nSPS) is 17.2. The monoisotopic (exact) mass is 353 g/mol. The number of nitrogens with one attached hydrogen (secondary N) is 1. The first-order valence-electron chi connectivity index (χ1n) is 9.09. The fourth-order valence-electron chi connectivity index (χ4n) is 3.39. The first-order valence-corrected chi connectivity index (χ1v) is 9.09. The number of para-hydroxylation sites is 1. The lowest BCUT2D eigenvalue weighted by Crippen LogP contribution is -2.39. The van der Waals surface area contributed by atoms with Crippen molar-refractivity contribution in [2.75, 3.05) is 56.2 Å². The van der Waals surface area contributed by atoms with E-state index >= 15 is 0 Å². The van der Waals surface area contributed by atoms with Crippen molar-refractivity contribution in [1.29, 1.82) is 0 Å². The van der Waals surface area contributed by atoms with Crippen molar-refractivity contribution < 1.29 is 9.53 Å². The van der Waals surface area contributed by atoms with Gasteiger partial charge in [0.2, 0.25) is 0 Å². The van der Waals surface area contributed by atoms with Gasteiger partial charge in [-0.05, 0) is 30.2 Å². The summed E-state index contributed by atoms with van der Waals surface area (Å²) in [6.07, 6.45) is 0.885. The first-order chi connectivity index (χ1) is 12.8. The molecule has 1 aromatic heterocycles. The van der Waals surface area contributed by atoms with E-state index in [0.29, 0.717) is 18.1 Å². The van der Waals surface area contributed by atoms with Gasteiger partial charge in [-0.15, -0.1) is 10.2 Å². The zero-order valence-corrected chi connectivity index (χ0v) is 14.7. The molecular weight excluding hydrogens is 330 g/mol. The van der Waals surface area contributed by atoms with Crippen molar-refractivity contribution >= 4 is 17.4 Å². The van der Waals surface area contributed by atoms with Crippen molar-refractivity contribution in [2.24, 2.45) is 0 Å². The molecule has 136 valence electrons. The van der Waals surface area contributed by atoms with E-state index in [1.807, 2.05) is 24.3 Å². The molecule has 0 aliphatic carbocycles. The van der Waals surface area contributed by atoms with E-state index in [-0.39, 0.29) is 5.91 Å². The maximum atomic E-state index is 12.7. The maximum Gasteiger partial charge on any atom is 0.278 e. The minimum Gasteiger partial charge on any atom is -0.379 e. The number of aromatic nitrogens is 2. The summed E-state index contributed by atoms with van der Waals surface area (Å²) in [4.78, 5) is 16.9. The second-order valence-corrected chi connectivity index (χ2v) is 6.52. The number of anilines is 2. The number of ether oxygens (including phenoxy) is 1. The van der Waals surface area contributed by atoms with E-state index in [2.05, 4.69) is 26.5 Å². The van der Waals surface area contributed by atoms with Crippen LogP contribution < -0.4 is 10.2 Å². The molecule has 7 heteroatoms. The Labute approximate surface area is 153 Å². The van der Waals surface area contributed by atoms with Gasteiger partial charge in [0.15, 0.2) is 5.69 Å². The van der Waals surface area contributed by atoms with Crippen LogP contribution in [0.5, 0.6) is 0 Å². The highest BCUT2D eigenvalue weighted by molar-refractivity contribution is 6.06. The number of benzene rings is 1. The number of morpholine rings is 1.